The largest absolute Gasteiger partial charge is 0.411 e. The van der Waals surface area contributed by atoms with Gasteiger partial charge in [0.25, 0.3) is 0 Å². The van der Waals surface area contributed by atoms with Gasteiger partial charge in [-0.05, 0) is 26.2 Å². The second kappa shape index (κ2) is 6.25. The molecule has 102 valence electrons. The van der Waals surface area contributed by atoms with Gasteiger partial charge in [0, 0.05) is 24.5 Å². The molecule has 1 saturated heterocycles. The molecule has 1 aliphatic heterocycles. The average molecular weight is 275 g/mol. The first-order valence-corrected chi connectivity index (χ1v) is 6.25. The highest BCUT2D eigenvalue weighted by Crippen LogP contribution is 2.40. The average Bonchev–Trinajstić information content (AvgIpc) is 2.59. The van der Waals surface area contributed by atoms with Gasteiger partial charge in [0.2, 0.25) is 0 Å². The molecule has 6 heteroatoms. The van der Waals surface area contributed by atoms with E-state index in [-0.39, 0.29) is 18.1 Å². The Balaban J connectivity index is 2.21. The summed E-state index contributed by atoms with van der Waals surface area (Å²) in [5.41, 5.74) is -0.0941. The molecule has 0 radical (unpaired) electrons. The van der Waals surface area contributed by atoms with Gasteiger partial charge in [0.15, 0.2) is 0 Å². The topological polar surface area (TPSA) is 18.5 Å². The molecule has 0 aromatic rings. The number of rotatable bonds is 6. The Morgan fingerprint density at radius 1 is 1.47 bits per heavy atom. The third kappa shape index (κ3) is 4.64. The molecule has 2 atom stereocenters. The van der Waals surface area contributed by atoms with Crippen LogP contribution in [0.15, 0.2) is 0 Å². The number of alkyl halides is 4. The van der Waals surface area contributed by atoms with E-state index >= 15 is 0 Å². The maximum absolute atomic E-state index is 11.8. The number of ether oxygens (including phenoxy) is 2. The van der Waals surface area contributed by atoms with E-state index in [9.17, 15) is 13.2 Å². The third-order valence-electron chi connectivity index (χ3n) is 3.33. The monoisotopic (exact) mass is 274 g/mol. The highest BCUT2D eigenvalue weighted by molar-refractivity contribution is 6.18. The van der Waals surface area contributed by atoms with Crippen molar-refractivity contribution in [2.24, 2.45) is 5.41 Å². The van der Waals surface area contributed by atoms with Gasteiger partial charge in [-0.2, -0.15) is 13.2 Å². The summed E-state index contributed by atoms with van der Waals surface area (Å²) in [4.78, 5) is 0. The van der Waals surface area contributed by atoms with Crippen LogP contribution < -0.4 is 0 Å². The van der Waals surface area contributed by atoms with E-state index in [4.69, 9.17) is 16.3 Å². The van der Waals surface area contributed by atoms with Gasteiger partial charge < -0.3 is 9.47 Å². The Morgan fingerprint density at radius 3 is 2.65 bits per heavy atom. The van der Waals surface area contributed by atoms with Crippen molar-refractivity contribution in [3.8, 4) is 0 Å². The van der Waals surface area contributed by atoms with Crippen LogP contribution in [0.3, 0.4) is 0 Å². The molecule has 0 aromatic heterocycles. The SMILES string of the molecule is CC1OCCC1(CCl)CCCOCC(F)(F)F. The molecule has 1 heterocycles. The Hall–Kier alpha value is -0.0000000000000000555. The lowest BCUT2D eigenvalue weighted by Gasteiger charge is -2.29. The zero-order valence-electron chi connectivity index (χ0n) is 9.86. The first-order chi connectivity index (χ1) is 7.90. The van der Waals surface area contributed by atoms with Crippen LogP contribution in [-0.4, -0.2) is 38.0 Å². The maximum Gasteiger partial charge on any atom is 0.411 e. The first kappa shape index (κ1) is 15.1. The first-order valence-electron chi connectivity index (χ1n) is 5.72. The fourth-order valence-electron chi connectivity index (χ4n) is 2.10. The molecule has 0 saturated carbocycles. The molecule has 2 unspecified atom stereocenters. The van der Waals surface area contributed by atoms with Gasteiger partial charge in [0.05, 0.1) is 6.10 Å². The summed E-state index contributed by atoms with van der Waals surface area (Å²) in [6.45, 7) is 1.58. The summed E-state index contributed by atoms with van der Waals surface area (Å²) in [7, 11) is 0. The Morgan fingerprint density at radius 2 is 2.18 bits per heavy atom. The molecular weight excluding hydrogens is 257 g/mol. The predicted molar refractivity (Wildman–Crippen MR) is 59.3 cm³/mol. The van der Waals surface area contributed by atoms with E-state index in [0.29, 0.717) is 18.9 Å². The summed E-state index contributed by atoms with van der Waals surface area (Å²) >= 11 is 5.94. The quantitative estimate of drug-likeness (QED) is 0.546. The fraction of sp³-hybridized carbons (Fsp3) is 1.00. The molecule has 1 rings (SSSR count). The molecule has 2 nitrogen and oxygen atoms in total. The van der Waals surface area contributed by atoms with Crippen LogP contribution in [-0.2, 0) is 9.47 Å². The second-order valence-corrected chi connectivity index (χ2v) is 4.80. The normalized spacial score (nSPS) is 29.8. The molecule has 0 spiro atoms. The van der Waals surface area contributed by atoms with E-state index in [1.807, 2.05) is 6.92 Å². The van der Waals surface area contributed by atoms with Crippen molar-refractivity contribution in [3.05, 3.63) is 0 Å². The summed E-state index contributed by atoms with van der Waals surface area (Å²) < 4.78 is 45.5. The van der Waals surface area contributed by atoms with Crippen LogP contribution >= 0.6 is 11.6 Å². The van der Waals surface area contributed by atoms with Gasteiger partial charge in [-0.1, -0.05) is 0 Å². The van der Waals surface area contributed by atoms with Crippen molar-refractivity contribution in [1.29, 1.82) is 0 Å². The van der Waals surface area contributed by atoms with Gasteiger partial charge in [-0.3, -0.25) is 0 Å². The standard InChI is InChI=1S/C11H18ClF3O2/c1-9-10(7-12,4-6-17-9)3-2-5-16-8-11(13,14)15/h9H,2-8H2,1H3. The second-order valence-electron chi connectivity index (χ2n) is 4.53. The van der Waals surface area contributed by atoms with Crippen LogP contribution in [0.4, 0.5) is 13.2 Å². The van der Waals surface area contributed by atoms with E-state index in [1.54, 1.807) is 0 Å². The predicted octanol–water partition coefficient (Wildman–Crippen LogP) is 3.38. The lowest BCUT2D eigenvalue weighted by Crippen LogP contribution is -2.31. The van der Waals surface area contributed by atoms with Crippen LogP contribution in [0.2, 0.25) is 0 Å². The molecule has 0 aliphatic carbocycles. The van der Waals surface area contributed by atoms with Crippen LogP contribution in [0.1, 0.15) is 26.2 Å². The highest BCUT2D eigenvalue weighted by Gasteiger charge is 2.40. The lowest BCUT2D eigenvalue weighted by molar-refractivity contribution is -0.174. The molecule has 0 aromatic carbocycles. The van der Waals surface area contributed by atoms with Gasteiger partial charge in [0.1, 0.15) is 6.61 Å². The minimum absolute atomic E-state index is 0.0719. The van der Waals surface area contributed by atoms with Crippen LogP contribution in [0, 0.1) is 5.41 Å². The van der Waals surface area contributed by atoms with Crippen LogP contribution in [0.25, 0.3) is 0 Å². The number of hydrogen-bond acceptors (Lipinski definition) is 2. The molecule has 0 amide bonds. The number of halogens is 4. The summed E-state index contributed by atoms with van der Waals surface area (Å²) in [6.07, 6.45) is -1.97. The zero-order valence-corrected chi connectivity index (χ0v) is 10.6. The van der Waals surface area contributed by atoms with Gasteiger partial charge >= 0.3 is 6.18 Å². The summed E-state index contributed by atoms with van der Waals surface area (Å²) in [6, 6.07) is 0. The zero-order chi connectivity index (χ0) is 12.9. The Kier molecular flexibility index (Phi) is 5.54. The molecule has 1 aliphatic rings. The minimum Gasteiger partial charge on any atom is -0.378 e. The van der Waals surface area contributed by atoms with Gasteiger partial charge in [-0.15, -0.1) is 11.6 Å². The number of hydrogen-bond donors (Lipinski definition) is 0. The summed E-state index contributed by atoms with van der Waals surface area (Å²) in [5, 5.41) is 0. The van der Waals surface area contributed by atoms with E-state index < -0.39 is 12.8 Å². The fourth-order valence-corrected chi connectivity index (χ4v) is 2.59. The third-order valence-corrected chi connectivity index (χ3v) is 3.86. The van der Waals surface area contributed by atoms with E-state index in [1.165, 1.54) is 0 Å². The molecule has 1 fully saturated rings. The summed E-state index contributed by atoms with van der Waals surface area (Å²) in [5.74, 6) is 0.480. The van der Waals surface area contributed by atoms with Crippen molar-refractivity contribution in [2.75, 3.05) is 25.7 Å². The molecule has 0 N–H and O–H groups in total. The van der Waals surface area contributed by atoms with Crippen molar-refractivity contribution >= 4 is 11.6 Å². The van der Waals surface area contributed by atoms with Crippen LogP contribution in [0.5, 0.6) is 0 Å². The van der Waals surface area contributed by atoms with Crippen molar-refractivity contribution in [1.82, 2.24) is 0 Å². The van der Waals surface area contributed by atoms with Crippen molar-refractivity contribution < 1.29 is 22.6 Å². The minimum atomic E-state index is -4.24. The smallest absolute Gasteiger partial charge is 0.378 e. The molecule has 17 heavy (non-hydrogen) atoms. The van der Waals surface area contributed by atoms with Gasteiger partial charge in [-0.25, -0.2) is 0 Å². The van der Waals surface area contributed by atoms with E-state index in [2.05, 4.69) is 4.74 Å². The maximum atomic E-state index is 11.8. The van der Waals surface area contributed by atoms with Crippen molar-refractivity contribution in [2.45, 2.75) is 38.5 Å². The Labute approximate surface area is 104 Å². The molecular formula is C11H18ClF3O2. The lowest BCUT2D eigenvalue weighted by atomic mass is 9.79. The Bertz CT molecular complexity index is 235. The van der Waals surface area contributed by atoms with Crippen molar-refractivity contribution in [3.63, 3.8) is 0 Å². The highest BCUT2D eigenvalue weighted by atomic mass is 35.5. The van der Waals surface area contributed by atoms with E-state index in [0.717, 1.165) is 12.8 Å². The molecule has 0 bridgehead atoms.